The Hall–Kier alpha value is 0. The second-order valence-corrected chi connectivity index (χ2v) is 7.75. The summed E-state index contributed by atoms with van der Waals surface area (Å²) in [6.45, 7) is 14.2. The zero-order valence-electron chi connectivity index (χ0n) is 14.7. The van der Waals surface area contributed by atoms with Gasteiger partial charge in [0.25, 0.3) is 0 Å². The second-order valence-electron chi connectivity index (χ2n) is 7.75. The van der Waals surface area contributed by atoms with Gasteiger partial charge in [0.1, 0.15) is 0 Å². The molecule has 116 valence electrons. The second kappa shape index (κ2) is 10.7. The minimum absolute atomic E-state index is 0.519. The van der Waals surface area contributed by atoms with Gasteiger partial charge in [-0.2, -0.15) is 0 Å². The van der Waals surface area contributed by atoms with Crippen LogP contribution in [0.25, 0.3) is 0 Å². The number of hydrogen-bond acceptors (Lipinski definition) is 0. The van der Waals surface area contributed by atoms with Gasteiger partial charge in [0.15, 0.2) is 0 Å². The third-order valence-electron chi connectivity index (χ3n) is 4.49. The molecule has 0 fully saturated rings. The number of rotatable bonds is 11. The monoisotopic (exact) mass is 268 g/mol. The van der Waals surface area contributed by atoms with Crippen LogP contribution in [0.1, 0.15) is 106 Å². The summed E-state index contributed by atoms with van der Waals surface area (Å²) < 4.78 is 0. The van der Waals surface area contributed by atoms with Gasteiger partial charge in [-0.3, -0.25) is 0 Å². The van der Waals surface area contributed by atoms with Crippen molar-refractivity contribution >= 4 is 0 Å². The minimum Gasteiger partial charge on any atom is -0.0654 e. The van der Waals surface area contributed by atoms with E-state index in [1.807, 2.05) is 0 Å². The Balaban J connectivity index is 3.96. The summed E-state index contributed by atoms with van der Waals surface area (Å²) in [5.74, 6) is 1.99. The Kier molecular flexibility index (Phi) is 10.7. The van der Waals surface area contributed by atoms with E-state index in [9.17, 15) is 0 Å². The predicted molar refractivity (Wildman–Crippen MR) is 89.6 cm³/mol. The standard InChI is InChI=1S/C19H40/c1-7-11-17(9-3)14-15-18(12-8-2)13-10-16-19(4,5)6/h17-18H,7-16H2,1-6H3. The van der Waals surface area contributed by atoms with E-state index in [1.165, 1.54) is 64.2 Å². The quantitative estimate of drug-likeness (QED) is 0.371. The van der Waals surface area contributed by atoms with Gasteiger partial charge in [0.05, 0.1) is 0 Å². The maximum absolute atomic E-state index is 2.37. The SMILES string of the molecule is CCCC(CC)CCC(CCC)CCCC(C)(C)C. The van der Waals surface area contributed by atoms with Crippen molar-refractivity contribution in [2.24, 2.45) is 17.3 Å². The van der Waals surface area contributed by atoms with Gasteiger partial charge in [-0.15, -0.1) is 0 Å². The maximum atomic E-state index is 2.37. The molecule has 0 N–H and O–H groups in total. The highest BCUT2D eigenvalue weighted by Crippen LogP contribution is 2.29. The first kappa shape index (κ1) is 19.0. The summed E-state index contributed by atoms with van der Waals surface area (Å²) in [5.41, 5.74) is 0.519. The lowest BCUT2D eigenvalue weighted by molar-refractivity contribution is 0.301. The Labute approximate surface area is 123 Å². The molecule has 0 heterocycles. The van der Waals surface area contributed by atoms with E-state index in [0.717, 1.165) is 11.8 Å². The Morgan fingerprint density at radius 3 is 1.68 bits per heavy atom. The van der Waals surface area contributed by atoms with Gasteiger partial charge in [0, 0.05) is 0 Å². The van der Waals surface area contributed by atoms with E-state index in [2.05, 4.69) is 41.5 Å². The molecule has 0 amide bonds. The molecule has 0 radical (unpaired) electrons. The van der Waals surface area contributed by atoms with Crippen LogP contribution in [0.15, 0.2) is 0 Å². The maximum Gasteiger partial charge on any atom is -0.0383 e. The lowest BCUT2D eigenvalue weighted by Crippen LogP contribution is -2.09. The van der Waals surface area contributed by atoms with E-state index >= 15 is 0 Å². The molecule has 0 saturated heterocycles. The molecular weight excluding hydrogens is 228 g/mol. The molecule has 0 aromatic carbocycles. The van der Waals surface area contributed by atoms with E-state index in [4.69, 9.17) is 0 Å². The smallest absolute Gasteiger partial charge is 0.0383 e. The molecule has 0 aliphatic carbocycles. The fourth-order valence-corrected chi connectivity index (χ4v) is 3.19. The van der Waals surface area contributed by atoms with Gasteiger partial charge in [-0.1, -0.05) is 99.3 Å². The minimum atomic E-state index is 0.519. The third kappa shape index (κ3) is 11.5. The molecule has 0 bridgehead atoms. The van der Waals surface area contributed by atoms with Crippen molar-refractivity contribution in [2.45, 2.75) is 106 Å². The van der Waals surface area contributed by atoms with Crippen molar-refractivity contribution in [2.75, 3.05) is 0 Å². The molecule has 2 unspecified atom stereocenters. The molecule has 0 aromatic heterocycles. The molecule has 0 heteroatoms. The summed E-state index contributed by atoms with van der Waals surface area (Å²) in [6.07, 6.45) is 14.2. The molecule has 0 aromatic rings. The molecule has 0 saturated carbocycles. The average Bonchev–Trinajstić information content (AvgIpc) is 2.32. The molecule has 0 spiro atoms. The van der Waals surface area contributed by atoms with Crippen LogP contribution in [0.4, 0.5) is 0 Å². The van der Waals surface area contributed by atoms with E-state index in [-0.39, 0.29) is 0 Å². The van der Waals surface area contributed by atoms with Crippen molar-refractivity contribution in [3.63, 3.8) is 0 Å². The van der Waals surface area contributed by atoms with Gasteiger partial charge in [-0.25, -0.2) is 0 Å². The van der Waals surface area contributed by atoms with E-state index in [0.29, 0.717) is 5.41 Å². The Bertz CT molecular complexity index is 187. The normalized spacial score (nSPS) is 15.5. The fraction of sp³-hybridized carbons (Fsp3) is 1.00. The first-order valence-corrected chi connectivity index (χ1v) is 8.92. The van der Waals surface area contributed by atoms with Crippen molar-refractivity contribution in [1.29, 1.82) is 0 Å². The van der Waals surface area contributed by atoms with Gasteiger partial charge in [-0.05, 0) is 23.7 Å². The molecular formula is C19H40. The Morgan fingerprint density at radius 1 is 0.684 bits per heavy atom. The number of hydrogen-bond donors (Lipinski definition) is 0. The van der Waals surface area contributed by atoms with Crippen LogP contribution in [-0.2, 0) is 0 Å². The topological polar surface area (TPSA) is 0 Å². The first-order valence-electron chi connectivity index (χ1n) is 8.92. The van der Waals surface area contributed by atoms with Gasteiger partial charge in [0.2, 0.25) is 0 Å². The third-order valence-corrected chi connectivity index (χ3v) is 4.49. The highest BCUT2D eigenvalue weighted by Gasteiger charge is 2.14. The highest BCUT2D eigenvalue weighted by atomic mass is 14.2. The van der Waals surface area contributed by atoms with Crippen molar-refractivity contribution < 1.29 is 0 Å². The van der Waals surface area contributed by atoms with Crippen molar-refractivity contribution in [3.05, 3.63) is 0 Å². The van der Waals surface area contributed by atoms with Crippen LogP contribution in [0.3, 0.4) is 0 Å². The van der Waals surface area contributed by atoms with Crippen LogP contribution >= 0.6 is 0 Å². The zero-order chi connectivity index (χ0) is 14.7. The van der Waals surface area contributed by atoms with Gasteiger partial charge >= 0.3 is 0 Å². The predicted octanol–water partition coefficient (Wildman–Crippen LogP) is 7.23. The molecule has 0 rings (SSSR count). The van der Waals surface area contributed by atoms with Gasteiger partial charge < -0.3 is 0 Å². The van der Waals surface area contributed by atoms with E-state index in [1.54, 1.807) is 0 Å². The lowest BCUT2D eigenvalue weighted by Gasteiger charge is -2.22. The highest BCUT2D eigenvalue weighted by molar-refractivity contribution is 4.67. The van der Waals surface area contributed by atoms with Crippen molar-refractivity contribution in [3.8, 4) is 0 Å². The molecule has 0 aliphatic rings. The largest absolute Gasteiger partial charge is 0.0654 e. The lowest BCUT2D eigenvalue weighted by atomic mass is 9.83. The fourth-order valence-electron chi connectivity index (χ4n) is 3.19. The summed E-state index contributed by atoms with van der Waals surface area (Å²) in [5, 5.41) is 0. The van der Waals surface area contributed by atoms with Crippen molar-refractivity contribution in [1.82, 2.24) is 0 Å². The van der Waals surface area contributed by atoms with Crippen LogP contribution in [0.5, 0.6) is 0 Å². The molecule has 0 nitrogen and oxygen atoms in total. The molecule has 0 aliphatic heterocycles. The zero-order valence-corrected chi connectivity index (χ0v) is 14.7. The average molecular weight is 269 g/mol. The Morgan fingerprint density at radius 2 is 1.21 bits per heavy atom. The molecule has 19 heavy (non-hydrogen) atoms. The van der Waals surface area contributed by atoms with E-state index < -0.39 is 0 Å². The van der Waals surface area contributed by atoms with Crippen LogP contribution in [-0.4, -0.2) is 0 Å². The first-order chi connectivity index (χ1) is 8.92. The summed E-state index contributed by atoms with van der Waals surface area (Å²) >= 11 is 0. The molecule has 2 atom stereocenters. The summed E-state index contributed by atoms with van der Waals surface area (Å²) in [4.78, 5) is 0. The van der Waals surface area contributed by atoms with Crippen LogP contribution < -0.4 is 0 Å². The van der Waals surface area contributed by atoms with Crippen LogP contribution in [0.2, 0.25) is 0 Å². The van der Waals surface area contributed by atoms with Crippen LogP contribution in [0, 0.1) is 17.3 Å². The summed E-state index contributed by atoms with van der Waals surface area (Å²) in [6, 6.07) is 0. The summed E-state index contributed by atoms with van der Waals surface area (Å²) in [7, 11) is 0.